The van der Waals surface area contributed by atoms with Crippen LogP contribution in [0.5, 0.6) is 0 Å². The average molecular weight is 220 g/mol. The molecule has 1 aromatic carbocycles. The maximum absolute atomic E-state index is 5.72. The van der Waals surface area contributed by atoms with Gasteiger partial charge in [-0.25, -0.2) is 0 Å². The van der Waals surface area contributed by atoms with Crippen molar-refractivity contribution in [2.75, 3.05) is 0 Å². The minimum absolute atomic E-state index is 0.515. The van der Waals surface area contributed by atoms with Gasteiger partial charge < -0.3 is 5.73 Å². The van der Waals surface area contributed by atoms with Crippen molar-refractivity contribution in [1.82, 2.24) is 0 Å². The zero-order chi connectivity index (χ0) is 7.56. The average Bonchev–Trinajstić information content (AvgIpc) is 1.94. The van der Waals surface area contributed by atoms with E-state index in [1.165, 1.54) is 0 Å². The van der Waals surface area contributed by atoms with Gasteiger partial charge in [-0.1, -0.05) is 27.5 Å². The Hall–Kier alpha value is -0.0500. The number of benzene rings is 1. The Bertz CT molecular complexity index is 237. The SMILES string of the molecule is NCc1cc(Cl)ccc1Br. The van der Waals surface area contributed by atoms with Crippen molar-refractivity contribution >= 4 is 27.5 Å². The molecule has 0 saturated carbocycles. The van der Waals surface area contributed by atoms with Crippen LogP contribution in [0.3, 0.4) is 0 Å². The summed E-state index contributed by atoms with van der Waals surface area (Å²) in [5.74, 6) is 0. The molecule has 0 aliphatic heterocycles. The zero-order valence-corrected chi connectivity index (χ0v) is 7.61. The molecule has 0 fully saturated rings. The minimum Gasteiger partial charge on any atom is -0.326 e. The Kier molecular flexibility index (Phi) is 2.72. The van der Waals surface area contributed by atoms with Crippen molar-refractivity contribution in [3.63, 3.8) is 0 Å². The van der Waals surface area contributed by atoms with Gasteiger partial charge in [0, 0.05) is 16.0 Å². The maximum Gasteiger partial charge on any atom is 0.0410 e. The summed E-state index contributed by atoms with van der Waals surface area (Å²) in [6, 6.07) is 5.57. The summed E-state index contributed by atoms with van der Waals surface area (Å²) in [5.41, 5.74) is 6.47. The number of halogens is 2. The molecule has 0 aromatic heterocycles. The zero-order valence-electron chi connectivity index (χ0n) is 5.27. The van der Waals surface area contributed by atoms with Gasteiger partial charge in [0.15, 0.2) is 0 Å². The molecule has 0 heterocycles. The molecule has 0 spiro atoms. The smallest absolute Gasteiger partial charge is 0.0410 e. The second-order valence-corrected chi connectivity index (χ2v) is 3.23. The Balaban J connectivity index is 3.09. The quantitative estimate of drug-likeness (QED) is 0.773. The lowest BCUT2D eigenvalue weighted by molar-refractivity contribution is 1.06. The van der Waals surface area contributed by atoms with Crippen molar-refractivity contribution in [1.29, 1.82) is 0 Å². The fraction of sp³-hybridized carbons (Fsp3) is 0.143. The summed E-state index contributed by atoms with van der Waals surface area (Å²) in [5, 5.41) is 0.726. The van der Waals surface area contributed by atoms with E-state index >= 15 is 0 Å². The van der Waals surface area contributed by atoms with E-state index in [-0.39, 0.29) is 0 Å². The molecule has 0 saturated heterocycles. The van der Waals surface area contributed by atoms with E-state index in [0.29, 0.717) is 6.54 Å². The summed E-state index contributed by atoms with van der Waals surface area (Å²) in [6.07, 6.45) is 0. The summed E-state index contributed by atoms with van der Waals surface area (Å²) in [7, 11) is 0. The second-order valence-electron chi connectivity index (χ2n) is 1.94. The number of rotatable bonds is 1. The first-order valence-electron chi connectivity index (χ1n) is 2.88. The second kappa shape index (κ2) is 3.37. The van der Waals surface area contributed by atoms with Crippen molar-refractivity contribution < 1.29 is 0 Å². The summed E-state index contributed by atoms with van der Waals surface area (Å²) in [6.45, 7) is 0.515. The molecule has 0 amide bonds. The van der Waals surface area contributed by atoms with Gasteiger partial charge in [-0.3, -0.25) is 0 Å². The van der Waals surface area contributed by atoms with E-state index in [2.05, 4.69) is 15.9 Å². The van der Waals surface area contributed by atoms with Gasteiger partial charge in [0.05, 0.1) is 0 Å². The van der Waals surface area contributed by atoms with E-state index in [1.807, 2.05) is 18.2 Å². The Morgan fingerprint density at radius 2 is 2.20 bits per heavy atom. The number of hydrogen-bond donors (Lipinski definition) is 1. The number of nitrogens with two attached hydrogens (primary N) is 1. The van der Waals surface area contributed by atoms with Crippen LogP contribution in [-0.4, -0.2) is 0 Å². The third-order valence-corrected chi connectivity index (χ3v) is 2.24. The van der Waals surface area contributed by atoms with Crippen molar-refractivity contribution in [3.05, 3.63) is 33.3 Å². The van der Waals surface area contributed by atoms with Crippen LogP contribution in [-0.2, 0) is 6.54 Å². The fourth-order valence-corrected chi connectivity index (χ4v) is 1.30. The lowest BCUT2D eigenvalue weighted by Gasteiger charge is -1.99. The summed E-state index contributed by atoms with van der Waals surface area (Å²) < 4.78 is 1.01. The first-order chi connectivity index (χ1) is 4.74. The van der Waals surface area contributed by atoms with Crippen LogP contribution in [0.15, 0.2) is 22.7 Å². The van der Waals surface area contributed by atoms with Crippen molar-refractivity contribution in [3.8, 4) is 0 Å². The molecule has 0 atom stereocenters. The predicted molar refractivity (Wildman–Crippen MR) is 47.0 cm³/mol. The van der Waals surface area contributed by atoms with Gasteiger partial charge >= 0.3 is 0 Å². The summed E-state index contributed by atoms with van der Waals surface area (Å²) in [4.78, 5) is 0. The molecule has 1 aromatic rings. The molecule has 3 heteroatoms. The van der Waals surface area contributed by atoms with Gasteiger partial charge in [-0.2, -0.15) is 0 Å². The Morgan fingerprint density at radius 1 is 1.50 bits per heavy atom. The first-order valence-corrected chi connectivity index (χ1v) is 4.05. The molecule has 10 heavy (non-hydrogen) atoms. The molecule has 0 unspecified atom stereocenters. The van der Waals surface area contributed by atoms with Gasteiger partial charge in [-0.05, 0) is 23.8 Å². The lowest BCUT2D eigenvalue weighted by atomic mass is 10.2. The van der Waals surface area contributed by atoms with Crippen LogP contribution in [0, 0.1) is 0 Å². The molecule has 54 valence electrons. The van der Waals surface area contributed by atoms with Gasteiger partial charge in [0.1, 0.15) is 0 Å². The highest BCUT2D eigenvalue weighted by Crippen LogP contribution is 2.20. The standard InChI is InChI=1S/C7H7BrClN/c8-7-2-1-6(9)3-5(7)4-10/h1-3H,4,10H2. The molecular weight excluding hydrogens is 213 g/mol. The van der Waals surface area contributed by atoms with E-state index in [1.54, 1.807) is 0 Å². The van der Waals surface area contributed by atoms with Crippen LogP contribution in [0.1, 0.15) is 5.56 Å². The molecule has 2 N–H and O–H groups in total. The van der Waals surface area contributed by atoms with Crippen LogP contribution < -0.4 is 5.73 Å². The van der Waals surface area contributed by atoms with Crippen LogP contribution in [0.4, 0.5) is 0 Å². The normalized spacial score (nSPS) is 9.90. The topological polar surface area (TPSA) is 26.0 Å². The first kappa shape index (κ1) is 8.05. The number of hydrogen-bond acceptors (Lipinski definition) is 1. The molecule has 0 radical (unpaired) electrons. The third kappa shape index (κ3) is 1.72. The van der Waals surface area contributed by atoms with Gasteiger partial charge in [0.2, 0.25) is 0 Å². The Morgan fingerprint density at radius 3 is 2.70 bits per heavy atom. The fourth-order valence-electron chi connectivity index (χ4n) is 0.700. The van der Waals surface area contributed by atoms with Gasteiger partial charge in [0.25, 0.3) is 0 Å². The molecule has 0 aliphatic rings. The largest absolute Gasteiger partial charge is 0.326 e. The highest BCUT2D eigenvalue weighted by molar-refractivity contribution is 9.10. The Labute approximate surface area is 73.3 Å². The highest BCUT2D eigenvalue weighted by Gasteiger charge is 1.96. The van der Waals surface area contributed by atoms with Crippen molar-refractivity contribution in [2.45, 2.75) is 6.54 Å². The predicted octanol–water partition coefficient (Wildman–Crippen LogP) is 2.56. The molecule has 1 nitrogen and oxygen atoms in total. The van der Waals surface area contributed by atoms with Gasteiger partial charge in [-0.15, -0.1) is 0 Å². The molecular formula is C7H7BrClN. The third-order valence-electron chi connectivity index (χ3n) is 1.23. The van der Waals surface area contributed by atoms with E-state index in [0.717, 1.165) is 15.1 Å². The van der Waals surface area contributed by atoms with Crippen LogP contribution in [0.25, 0.3) is 0 Å². The maximum atomic E-state index is 5.72. The lowest BCUT2D eigenvalue weighted by Crippen LogP contribution is -1.96. The minimum atomic E-state index is 0.515. The van der Waals surface area contributed by atoms with E-state index in [9.17, 15) is 0 Å². The van der Waals surface area contributed by atoms with E-state index in [4.69, 9.17) is 17.3 Å². The molecule has 0 aliphatic carbocycles. The monoisotopic (exact) mass is 219 g/mol. The van der Waals surface area contributed by atoms with Crippen molar-refractivity contribution in [2.24, 2.45) is 5.73 Å². The molecule has 0 bridgehead atoms. The molecule has 1 rings (SSSR count). The summed E-state index contributed by atoms with van der Waals surface area (Å²) >= 11 is 9.07. The van der Waals surface area contributed by atoms with Crippen LogP contribution >= 0.6 is 27.5 Å². The van der Waals surface area contributed by atoms with E-state index < -0.39 is 0 Å². The highest BCUT2D eigenvalue weighted by atomic mass is 79.9. The van der Waals surface area contributed by atoms with Crippen LogP contribution in [0.2, 0.25) is 5.02 Å².